The molecular formula is C17H24. The van der Waals surface area contributed by atoms with E-state index in [9.17, 15) is 0 Å². The van der Waals surface area contributed by atoms with Crippen molar-refractivity contribution in [3.63, 3.8) is 0 Å². The van der Waals surface area contributed by atoms with E-state index in [2.05, 4.69) is 62.4 Å². The molecule has 17 heavy (non-hydrogen) atoms. The van der Waals surface area contributed by atoms with Crippen LogP contribution in [0.3, 0.4) is 0 Å². The minimum absolute atomic E-state index is 0.571. The molecule has 2 rings (SSSR count). The average Bonchev–Trinajstić information content (AvgIpc) is 2.41. The standard InChI is InChI=1S/C15H18.C2H6/c1-3-13-9-5-7-11-15(13)14-10-6-4-8-12(14)2;1-2/h4-11,13,15H,3H2,1-2H3;1-2H3. The van der Waals surface area contributed by atoms with Crippen molar-refractivity contribution in [1.82, 2.24) is 0 Å². The maximum Gasteiger partial charge on any atom is 0.00865 e. The van der Waals surface area contributed by atoms with Crippen molar-refractivity contribution in [2.45, 2.75) is 40.0 Å². The predicted octanol–water partition coefficient (Wildman–Crippen LogP) is 5.26. The topological polar surface area (TPSA) is 0 Å². The summed E-state index contributed by atoms with van der Waals surface area (Å²) < 4.78 is 0. The maximum atomic E-state index is 2.33. The Bertz CT molecular complexity index is 385. The first kappa shape index (κ1) is 13.8. The van der Waals surface area contributed by atoms with Gasteiger partial charge in [-0.2, -0.15) is 0 Å². The molecule has 0 fully saturated rings. The van der Waals surface area contributed by atoms with E-state index in [1.807, 2.05) is 13.8 Å². The van der Waals surface area contributed by atoms with Crippen LogP contribution in [0.5, 0.6) is 0 Å². The monoisotopic (exact) mass is 228 g/mol. The van der Waals surface area contributed by atoms with Crippen LogP contribution in [0.1, 0.15) is 44.2 Å². The highest BCUT2D eigenvalue weighted by Gasteiger charge is 2.19. The summed E-state index contributed by atoms with van der Waals surface area (Å²) in [5.74, 6) is 1.23. The van der Waals surface area contributed by atoms with Gasteiger partial charge in [0.2, 0.25) is 0 Å². The van der Waals surface area contributed by atoms with Gasteiger partial charge in [-0.15, -0.1) is 0 Å². The maximum absolute atomic E-state index is 2.33. The van der Waals surface area contributed by atoms with Gasteiger partial charge in [0.05, 0.1) is 0 Å². The molecule has 1 aromatic rings. The van der Waals surface area contributed by atoms with Crippen LogP contribution >= 0.6 is 0 Å². The first-order valence-corrected chi connectivity index (χ1v) is 6.73. The molecule has 1 aliphatic carbocycles. The lowest BCUT2D eigenvalue weighted by atomic mass is 9.80. The zero-order valence-corrected chi connectivity index (χ0v) is 11.5. The quantitative estimate of drug-likeness (QED) is 0.648. The van der Waals surface area contributed by atoms with Crippen LogP contribution in [0.15, 0.2) is 48.6 Å². The van der Waals surface area contributed by atoms with Crippen LogP contribution in [-0.2, 0) is 0 Å². The summed E-state index contributed by atoms with van der Waals surface area (Å²) in [5.41, 5.74) is 2.88. The van der Waals surface area contributed by atoms with Crippen molar-refractivity contribution in [2.24, 2.45) is 5.92 Å². The van der Waals surface area contributed by atoms with Crippen LogP contribution in [0.2, 0.25) is 0 Å². The van der Waals surface area contributed by atoms with Gasteiger partial charge in [0.25, 0.3) is 0 Å². The van der Waals surface area contributed by atoms with Crippen LogP contribution in [0.25, 0.3) is 0 Å². The lowest BCUT2D eigenvalue weighted by molar-refractivity contribution is 0.557. The minimum atomic E-state index is 0.571. The highest BCUT2D eigenvalue weighted by molar-refractivity contribution is 5.36. The van der Waals surface area contributed by atoms with Gasteiger partial charge in [0, 0.05) is 5.92 Å². The number of allylic oxidation sites excluding steroid dienone is 4. The second-order valence-electron chi connectivity index (χ2n) is 4.22. The van der Waals surface area contributed by atoms with Gasteiger partial charge < -0.3 is 0 Å². The zero-order chi connectivity index (χ0) is 12.7. The molecule has 0 aromatic heterocycles. The van der Waals surface area contributed by atoms with E-state index in [-0.39, 0.29) is 0 Å². The molecule has 0 saturated heterocycles. The predicted molar refractivity (Wildman–Crippen MR) is 77.3 cm³/mol. The molecule has 0 bridgehead atoms. The molecule has 1 aromatic carbocycles. The fourth-order valence-corrected chi connectivity index (χ4v) is 2.34. The van der Waals surface area contributed by atoms with Crippen molar-refractivity contribution < 1.29 is 0 Å². The molecule has 0 aliphatic heterocycles. The first-order chi connectivity index (χ1) is 8.33. The molecule has 0 heterocycles. The third-order valence-corrected chi connectivity index (χ3v) is 3.27. The van der Waals surface area contributed by atoms with Crippen molar-refractivity contribution in [3.8, 4) is 0 Å². The molecule has 0 amide bonds. The third-order valence-electron chi connectivity index (χ3n) is 3.27. The Morgan fingerprint density at radius 2 is 1.65 bits per heavy atom. The Hall–Kier alpha value is -1.30. The summed E-state index contributed by atoms with van der Waals surface area (Å²) in [5, 5.41) is 0. The highest BCUT2D eigenvalue weighted by atomic mass is 14.2. The van der Waals surface area contributed by atoms with Gasteiger partial charge in [-0.05, 0) is 30.4 Å². The smallest absolute Gasteiger partial charge is 0.00865 e. The molecule has 92 valence electrons. The highest BCUT2D eigenvalue weighted by Crippen LogP contribution is 2.33. The van der Waals surface area contributed by atoms with E-state index in [1.165, 1.54) is 17.5 Å². The van der Waals surface area contributed by atoms with E-state index in [0.717, 1.165) is 0 Å². The lowest BCUT2D eigenvalue weighted by Crippen LogP contribution is -2.11. The summed E-state index contributed by atoms with van der Waals surface area (Å²) in [4.78, 5) is 0. The molecule has 1 aliphatic rings. The van der Waals surface area contributed by atoms with Gasteiger partial charge >= 0.3 is 0 Å². The minimum Gasteiger partial charge on any atom is -0.0805 e. The van der Waals surface area contributed by atoms with Crippen molar-refractivity contribution >= 4 is 0 Å². The van der Waals surface area contributed by atoms with E-state index in [0.29, 0.717) is 11.8 Å². The SMILES string of the molecule is CC.CCC1C=CC=CC1c1ccccc1C. The average molecular weight is 228 g/mol. The fraction of sp³-hybridized carbons (Fsp3) is 0.412. The normalized spacial score (nSPS) is 21.9. The van der Waals surface area contributed by atoms with Gasteiger partial charge in [-0.1, -0.05) is 69.3 Å². The summed E-state index contributed by atoms with van der Waals surface area (Å²) in [6, 6.07) is 8.71. The Morgan fingerprint density at radius 1 is 1.00 bits per heavy atom. The van der Waals surface area contributed by atoms with Crippen molar-refractivity contribution in [1.29, 1.82) is 0 Å². The third kappa shape index (κ3) is 3.33. The van der Waals surface area contributed by atoms with Crippen LogP contribution < -0.4 is 0 Å². The van der Waals surface area contributed by atoms with Gasteiger partial charge in [0.15, 0.2) is 0 Å². The van der Waals surface area contributed by atoms with E-state index in [1.54, 1.807) is 0 Å². The Kier molecular flexibility index (Phi) is 5.76. The van der Waals surface area contributed by atoms with E-state index in [4.69, 9.17) is 0 Å². The Balaban J connectivity index is 0.000000686. The van der Waals surface area contributed by atoms with Crippen molar-refractivity contribution in [3.05, 3.63) is 59.7 Å². The second-order valence-corrected chi connectivity index (χ2v) is 4.22. The number of hydrogen-bond donors (Lipinski definition) is 0. The van der Waals surface area contributed by atoms with Crippen molar-refractivity contribution in [2.75, 3.05) is 0 Å². The molecule has 0 radical (unpaired) electrons. The Morgan fingerprint density at radius 3 is 2.29 bits per heavy atom. The van der Waals surface area contributed by atoms with Gasteiger partial charge in [0.1, 0.15) is 0 Å². The van der Waals surface area contributed by atoms with E-state index >= 15 is 0 Å². The molecule has 0 N–H and O–H groups in total. The van der Waals surface area contributed by atoms with Crippen LogP contribution in [0, 0.1) is 12.8 Å². The molecule has 0 spiro atoms. The van der Waals surface area contributed by atoms with Crippen LogP contribution in [-0.4, -0.2) is 0 Å². The summed E-state index contributed by atoms with van der Waals surface area (Å²) in [6.45, 7) is 8.47. The first-order valence-electron chi connectivity index (χ1n) is 6.73. The second kappa shape index (κ2) is 7.11. The number of rotatable bonds is 2. The largest absolute Gasteiger partial charge is 0.0805 e. The summed E-state index contributed by atoms with van der Waals surface area (Å²) in [6.07, 6.45) is 10.2. The Labute approximate surface area is 106 Å². The molecule has 2 unspecified atom stereocenters. The molecular weight excluding hydrogens is 204 g/mol. The van der Waals surface area contributed by atoms with E-state index < -0.39 is 0 Å². The number of hydrogen-bond acceptors (Lipinski definition) is 0. The fourth-order valence-electron chi connectivity index (χ4n) is 2.34. The lowest BCUT2D eigenvalue weighted by Gasteiger charge is -2.24. The molecule has 2 atom stereocenters. The summed E-state index contributed by atoms with van der Waals surface area (Å²) in [7, 11) is 0. The van der Waals surface area contributed by atoms with Gasteiger partial charge in [-0.3, -0.25) is 0 Å². The summed E-state index contributed by atoms with van der Waals surface area (Å²) >= 11 is 0. The number of aryl methyl sites for hydroxylation is 1. The number of benzene rings is 1. The molecule has 0 saturated carbocycles. The molecule has 0 heteroatoms. The van der Waals surface area contributed by atoms with Crippen LogP contribution in [0.4, 0.5) is 0 Å². The zero-order valence-electron chi connectivity index (χ0n) is 11.5. The van der Waals surface area contributed by atoms with Gasteiger partial charge in [-0.25, -0.2) is 0 Å². The molecule has 0 nitrogen and oxygen atoms in total.